The number of rotatable bonds is 14. The lowest BCUT2D eigenvalue weighted by Gasteiger charge is -2.30. The molecule has 5 amide bonds. The van der Waals surface area contributed by atoms with Crippen molar-refractivity contribution in [2.45, 2.75) is 83.5 Å². The Morgan fingerprint density at radius 2 is 1.75 bits per heavy atom. The van der Waals surface area contributed by atoms with Gasteiger partial charge in [-0.2, -0.15) is 0 Å². The largest absolute Gasteiger partial charge is 0.481 e. The predicted octanol–water partition coefficient (Wildman–Crippen LogP) is -1.86. The molecule has 0 aromatic heterocycles. The molecule has 1 fully saturated rings. The summed E-state index contributed by atoms with van der Waals surface area (Å²) in [4.78, 5) is 79.8. The van der Waals surface area contributed by atoms with Crippen molar-refractivity contribution < 1.29 is 38.6 Å². The fourth-order valence-electron chi connectivity index (χ4n) is 3.92. The van der Waals surface area contributed by atoms with E-state index in [1.807, 2.05) is 0 Å². The third kappa shape index (κ3) is 12.6. The summed E-state index contributed by atoms with van der Waals surface area (Å²) >= 11 is 0. The first-order chi connectivity index (χ1) is 18.6. The number of likely N-dealkylation sites (N-methyl/N-ethyl adjacent to an activating group) is 1. The van der Waals surface area contributed by atoms with Gasteiger partial charge in [-0.05, 0) is 53.4 Å². The van der Waals surface area contributed by atoms with E-state index in [2.05, 4.69) is 26.3 Å². The molecule has 1 aliphatic heterocycles. The number of amides is 5. The van der Waals surface area contributed by atoms with Crippen molar-refractivity contribution in [1.29, 1.82) is 0 Å². The first kappa shape index (κ1) is 33.9. The van der Waals surface area contributed by atoms with E-state index in [0.717, 1.165) is 0 Å². The number of nitrogens with zero attached hydrogens (tertiary/aromatic N) is 2. The Hall–Kier alpha value is -4.11. The summed E-state index contributed by atoms with van der Waals surface area (Å²) < 4.78 is 5.14. The molecule has 1 heterocycles. The first-order valence-electron chi connectivity index (χ1n) is 13.1. The second kappa shape index (κ2) is 16.1. The first-order valence-corrected chi connectivity index (χ1v) is 13.1. The van der Waals surface area contributed by atoms with Gasteiger partial charge < -0.3 is 47.5 Å². The number of aliphatic carboxylic acids is 1. The van der Waals surface area contributed by atoms with Crippen LogP contribution in [0.2, 0.25) is 0 Å². The van der Waals surface area contributed by atoms with E-state index < -0.39 is 65.8 Å². The molecule has 0 radical (unpaired) electrons. The minimum atomic E-state index is -1.48. The van der Waals surface area contributed by atoms with E-state index >= 15 is 0 Å². The molecule has 0 aromatic rings. The van der Waals surface area contributed by atoms with E-state index in [1.54, 1.807) is 27.7 Å². The molecule has 16 heteroatoms. The molecule has 0 aliphatic carbocycles. The van der Waals surface area contributed by atoms with E-state index in [1.165, 1.54) is 4.90 Å². The average molecular weight is 571 g/mol. The number of nitrogens with two attached hydrogens (primary N) is 2. The quantitative estimate of drug-likeness (QED) is 0.0696. The topological polar surface area (TPSA) is 248 Å². The van der Waals surface area contributed by atoms with Gasteiger partial charge in [0.25, 0.3) is 0 Å². The number of likely N-dealkylation sites (tertiary alicyclic amines) is 1. The summed E-state index contributed by atoms with van der Waals surface area (Å²) in [5.41, 5.74) is 9.77. The van der Waals surface area contributed by atoms with Crippen molar-refractivity contribution in [3.8, 4) is 0 Å². The second-order valence-corrected chi connectivity index (χ2v) is 10.2. The zero-order chi connectivity index (χ0) is 30.5. The maximum absolute atomic E-state index is 13.3. The molecule has 1 saturated heterocycles. The number of carbonyl (C=O) groups excluding carboxylic acids is 5. The highest BCUT2D eigenvalue weighted by Gasteiger charge is 2.39. The van der Waals surface area contributed by atoms with Gasteiger partial charge in [0.15, 0.2) is 5.96 Å². The highest BCUT2D eigenvalue weighted by Crippen LogP contribution is 2.20. The molecule has 40 heavy (non-hydrogen) atoms. The standard InChI is InChI=1S/C24H42N8O8/c1-5-27-17(33)13-29-19(36)14(8-6-10-28-22(25)26)30-20(37)16-9-7-11-32(16)21(38)15(12-18(34)35)31-23(39)40-24(2,3)4/h14-16H,5-13H2,1-4H3,(H,27,33)(H,29,36)(H,30,37)(H,31,39)(H,34,35)(H4,25,26,28)/t14-,15-,16-/m0/s1. The third-order valence-corrected chi connectivity index (χ3v) is 5.58. The molecule has 1 aliphatic rings. The van der Waals surface area contributed by atoms with Crippen molar-refractivity contribution in [1.82, 2.24) is 26.2 Å². The van der Waals surface area contributed by atoms with Crippen LogP contribution >= 0.6 is 0 Å². The van der Waals surface area contributed by atoms with Gasteiger partial charge in [-0.1, -0.05) is 0 Å². The number of carbonyl (C=O) groups is 6. The highest BCUT2D eigenvalue weighted by molar-refractivity contribution is 5.96. The zero-order valence-electron chi connectivity index (χ0n) is 23.5. The Labute approximate surface area is 233 Å². The molecule has 0 aromatic carbocycles. The third-order valence-electron chi connectivity index (χ3n) is 5.58. The van der Waals surface area contributed by atoms with Gasteiger partial charge in [-0.15, -0.1) is 0 Å². The molecular formula is C24H42N8O8. The molecular weight excluding hydrogens is 528 g/mol. The molecule has 0 spiro atoms. The number of carboxylic acid groups (broad SMARTS) is 1. The summed E-state index contributed by atoms with van der Waals surface area (Å²) in [6.07, 6.45) is -0.549. The van der Waals surface area contributed by atoms with Crippen LogP contribution in [0.4, 0.5) is 4.79 Å². The Bertz CT molecular complexity index is 961. The molecule has 0 bridgehead atoms. The van der Waals surface area contributed by atoms with Crippen molar-refractivity contribution in [3.63, 3.8) is 0 Å². The summed E-state index contributed by atoms with van der Waals surface area (Å²) in [7, 11) is 0. The number of carboxylic acids is 1. The van der Waals surface area contributed by atoms with Gasteiger partial charge >= 0.3 is 12.1 Å². The maximum atomic E-state index is 13.3. The van der Waals surface area contributed by atoms with E-state index in [9.17, 15) is 33.9 Å². The van der Waals surface area contributed by atoms with Crippen molar-refractivity contribution in [2.75, 3.05) is 26.2 Å². The molecule has 1 rings (SSSR count). The molecule has 0 unspecified atom stereocenters. The normalized spacial score (nSPS) is 16.2. The fraction of sp³-hybridized carbons (Fsp3) is 0.708. The fourth-order valence-corrected chi connectivity index (χ4v) is 3.92. The number of hydrogen-bond acceptors (Lipinski definition) is 8. The lowest BCUT2D eigenvalue weighted by atomic mass is 10.1. The van der Waals surface area contributed by atoms with Crippen LogP contribution in [0.1, 0.15) is 59.8 Å². The minimum absolute atomic E-state index is 0.128. The average Bonchev–Trinajstić information content (AvgIpc) is 3.32. The second-order valence-electron chi connectivity index (χ2n) is 10.2. The molecule has 3 atom stereocenters. The van der Waals surface area contributed by atoms with Crippen LogP contribution in [-0.2, 0) is 28.7 Å². The van der Waals surface area contributed by atoms with Gasteiger partial charge in [-0.25, -0.2) is 4.79 Å². The summed E-state index contributed by atoms with van der Waals surface area (Å²) in [5.74, 6) is -3.89. The Balaban J connectivity index is 3.01. The van der Waals surface area contributed by atoms with Crippen LogP contribution in [0.15, 0.2) is 4.99 Å². The lowest BCUT2D eigenvalue weighted by Crippen LogP contribution is -2.57. The van der Waals surface area contributed by atoms with Crippen LogP contribution in [0.5, 0.6) is 0 Å². The van der Waals surface area contributed by atoms with Crippen molar-refractivity contribution in [2.24, 2.45) is 16.5 Å². The van der Waals surface area contributed by atoms with Crippen LogP contribution in [0.3, 0.4) is 0 Å². The number of ether oxygens (including phenoxy) is 1. The lowest BCUT2D eigenvalue weighted by molar-refractivity contribution is -0.145. The SMILES string of the molecule is CCNC(=O)CNC(=O)[C@H](CCCN=C(N)N)NC(=O)[C@@H]1CCCN1C(=O)[C@H](CC(=O)O)NC(=O)OC(C)(C)C. The Kier molecular flexibility index (Phi) is 13.7. The monoisotopic (exact) mass is 570 g/mol. The minimum Gasteiger partial charge on any atom is -0.481 e. The Morgan fingerprint density at radius 1 is 1.07 bits per heavy atom. The van der Waals surface area contributed by atoms with Crippen LogP contribution in [0.25, 0.3) is 0 Å². The number of nitrogens with one attached hydrogen (secondary N) is 4. The maximum Gasteiger partial charge on any atom is 0.408 e. The van der Waals surface area contributed by atoms with Crippen molar-refractivity contribution >= 4 is 41.7 Å². The number of hydrogen-bond donors (Lipinski definition) is 7. The Morgan fingerprint density at radius 3 is 2.33 bits per heavy atom. The summed E-state index contributed by atoms with van der Waals surface area (Å²) in [6.45, 7) is 6.98. The summed E-state index contributed by atoms with van der Waals surface area (Å²) in [5, 5.41) is 19.2. The van der Waals surface area contributed by atoms with Gasteiger partial charge in [-0.3, -0.25) is 29.0 Å². The number of guanidine groups is 1. The number of alkyl carbamates (subject to hydrolysis) is 1. The van der Waals surface area contributed by atoms with Crippen LogP contribution in [0, 0.1) is 0 Å². The molecule has 0 saturated carbocycles. The van der Waals surface area contributed by atoms with E-state index in [0.29, 0.717) is 19.4 Å². The van der Waals surface area contributed by atoms with E-state index in [4.69, 9.17) is 16.2 Å². The van der Waals surface area contributed by atoms with Crippen LogP contribution < -0.4 is 32.7 Å². The molecule has 9 N–H and O–H groups in total. The predicted molar refractivity (Wildman–Crippen MR) is 144 cm³/mol. The van der Waals surface area contributed by atoms with Gasteiger partial charge in [0, 0.05) is 19.6 Å². The van der Waals surface area contributed by atoms with Gasteiger partial charge in [0.2, 0.25) is 23.6 Å². The highest BCUT2D eigenvalue weighted by atomic mass is 16.6. The number of aliphatic imine (C=N–C) groups is 1. The molecule has 16 nitrogen and oxygen atoms in total. The van der Waals surface area contributed by atoms with Crippen molar-refractivity contribution in [3.05, 3.63) is 0 Å². The van der Waals surface area contributed by atoms with Gasteiger partial charge in [0.1, 0.15) is 23.7 Å². The van der Waals surface area contributed by atoms with Gasteiger partial charge in [0.05, 0.1) is 13.0 Å². The zero-order valence-corrected chi connectivity index (χ0v) is 23.5. The smallest absolute Gasteiger partial charge is 0.408 e. The van der Waals surface area contributed by atoms with Crippen LogP contribution in [-0.4, -0.2) is 102 Å². The van der Waals surface area contributed by atoms with E-state index in [-0.39, 0.29) is 38.4 Å². The summed E-state index contributed by atoms with van der Waals surface area (Å²) in [6, 6.07) is -3.56. The molecule has 226 valence electrons.